The highest BCUT2D eigenvalue weighted by Crippen LogP contribution is 2.43. The molecule has 0 fully saturated rings. The molecule has 0 saturated heterocycles. The number of benzene rings is 1. The Bertz CT molecular complexity index is 696. The molecule has 0 aliphatic rings. The number of carbonyl (C=O) groups excluding carboxylic acids is 1. The maximum absolute atomic E-state index is 11.6. The van der Waals surface area contributed by atoms with Crippen molar-refractivity contribution in [1.29, 1.82) is 0 Å². The van der Waals surface area contributed by atoms with Crippen molar-refractivity contribution in [3.8, 4) is 0 Å². The van der Waals surface area contributed by atoms with Crippen molar-refractivity contribution in [3.05, 3.63) is 50.1 Å². The van der Waals surface area contributed by atoms with Gasteiger partial charge in [-0.15, -0.1) is 0 Å². The van der Waals surface area contributed by atoms with Gasteiger partial charge in [-0.3, -0.25) is 24.7 Å². The van der Waals surface area contributed by atoms with Crippen LogP contribution < -0.4 is 9.59 Å². The van der Waals surface area contributed by atoms with E-state index in [1.807, 2.05) is 6.92 Å². The van der Waals surface area contributed by atoms with Gasteiger partial charge < -0.3 is 9.90 Å². The highest BCUT2D eigenvalue weighted by molar-refractivity contribution is 5.91. The summed E-state index contributed by atoms with van der Waals surface area (Å²) < 4.78 is -0.0498. The Hall–Kier alpha value is -2.81. The second-order valence-corrected chi connectivity index (χ2v) is 5.96. The smallest absolute Gasteiger partial charge is 0.337 e. The highest BCUT2D eigenvalue weighted by Gasteiger charge is 2.43. The van der Waals surface area contributed by atoms with Crippen LogP contribution in [0.5, 0.6) is 0 Å². The molecule has 0 N–H and O–H groups in total. The van der Waals surface area contributed by atoms with Gasteiger partial charge in [0.15, 0.2) is 0 Å². The molecule has 0 aromatic heterocycles. The molecule has 9 nitrogen and oxygen atoms in total. The third-order valence-electron chi connectivity index (χ3n) is 4.00. The number of aromatic carboxylic acids is 1. The molecule has 0 spiro atoms. The first kappa shape index (κ1) is 20.2. The van der Waals surface area contributed by atoms with Crippen molar-refractivity contribution in [3.63, 3.8) is 0 Å². The van der Waals surface area contributed by atoms with Gasteiger partial charge in [0.25, 0.3) is 5.69 Å². The molecule has 1 unspecified atom stereocenters. The zero-order chi connectivity index (χ0) is 19.4. The van der Waals surface area contributed by atoms with Crippen molar-refractivity contribution >= 4 is 23.0 Å². The van der Waals surface area contributed by atoms with Crippen LogP contribution in [0.25, 0.3) is 0 Å². The van der Waals surface area contributed by atoms with E-state index < -0.39 is 32.8 Å². The predicted molar refractivity (Wildman–Crippen MR) is 91.3 cm³/mol. The molecule has 1 aromatic rings. The Morgan fingerprint density at radius 3 is 1.92 bits per heavy atom. The SMILES string of the molecule is C=C(C)C[N+](CC)(CCC)c1c([N+](=O)[O-])cc(C(=O)[O-])cc1[N+](=O)[O-]. The largest absolute Gasteiger partial charge is 0.545 e. The standard InChI is InChI=1S/C16H21N3O6/c1-5-7-19(6-2,10-11(3)4)15-13(17(22)23)8-12(16(20)21)9-14(15)18(24)25/h8-9H,3,5-7,10H2,1-2,4H3. The van der Waals surface area contributed by atoms with E-state index >= 15 is 0 Å². The first-order chi connectivity index (χ1) is 11.6. The number of nitro groups is 2. The molecule has 0 heterocycles. The van der Waals surface area contributed by atoms with Gasteiger partial charge in [0.2, 0.25) is 0 Å². The molecule has 0 aliphatic carbocycles. The zero-order valence-electron chi connectivity index (χ0n) is 14.5. The van der Waals surface area contributed by atoms with Gasteiger partial charge in [0.1, 0.15) is 6.54 Å². The van der Waals surface area contributed by atoms with Gasteiger partial charge in [-0.05, 0) is 25.8 Å². The van der Waals surface area contributed by atoms with Gasteiger partial charge >= 0.3 is 11.4 Å². The lowest BCUT2D eigenvalue weighted by Gasteiger charge is -2.36. The minimum Gasteiger partial charge on any atom is -0.545 e. The van der Waals surface area contributed by atoms with Crippen molar-refractivity contribution < 1.29 is 19.7 Å². The molecule has 0 aliphatic heterocycles. The van der Waals surface area contributed by atoms with Crippen molar-refractivity contribution in [2.75, 3.05) is 19.6 Å². The Morgan fingerprint density at radius 2 is 1.64 bits per heavy atom. The maximum atomic E-state index is 11.6. The van der Waals surface area contributed by atoms with E-state index in [1.54, 1.807) is 13.8 Å². The molecule has 9 heteroatoms. The normalized spacial score (nSPS) is 13.1. The first-order valence-corrected chi connectivity index (χ1v) is 7.78. The average molecular weight is 351 g/mol. The molecule has 1 aromatic carbocycles. The minimum atomic E-state index is -1.71. The molecule has 0 amide bonds. The molecule has 0 saturated carbocycles. The summed E-state index contributed by atoms with van der Waals surface area (Å²) in [7, 11) is 0. The summed E-state index contributed by atoms with van der Waals surface area (Å²) in [5.74, 6) is -1.71. The molecular weight excluding hydrogens is 330 g/mol. The van der Waals surface area contributed by atoms with Crippen LogP contribution in [-0.4, -0.2) is 35.5 Å². The number of carboxylic acids is 1. The lowest BCUT2D eigenvalue weighted by Crippen LogP contribution is -2.51. The fourth-order valence-corrected chi connectivity index (χ4v) is 3.13. The number of quaternary nitrogens is 1. The third-order valence-corrected chi connectivity index (χ3v) is 4.00. The van der Waals surface area contributed by atoms with Crippen molar-refractivity contribution in [1.82, 2.24) is 4.48 Å². The fraction of sp³-hybridized carbons (Fsp3) is 0.438. The number of likely N-dealkylation sites (N-methyl/N-ethyl adjacent to an activating group) is 1. The van der Waals surface area contributed by atoms with Crippen LogP contribution in [0.15, 0.2) is 24.3 Å². The summed E-state index contributed by atoms with van der Waals surface area (Å²) in [6, 6.07) is 1.66. The van der Waals surface area contributed by atoms with Gasteiger partial charge in [0.05, 0.1) is 28.9 Å². The molecular formula is C16H21N3O6. The van der Waals surface area contributed by atoms with E-state index in [1.165, 1.54) is 0 Å². The monoisotopic (exact) mass is 351 g/mol. The number of nitrogens with zero attached hydrogens (tertiary/aromatic N) is 3. The summed E-state index contributed by atoms with van der Waals surface area (Å²) >= 11 is 0. The van der Waals surface area contributed by atoms with Gasteiger partial charge in [-0.25, -0.2) is 0 Å². The number of hydrogen-bond acceptors (Lipinski definition) is 6. The van der Waals surface area contributed by atoms with Crippen LogP contribution in [0.3, 0.4) is 0 Å². The number of nitro benzene ring substituents is 2. The third kappa shape index (κ3) is 4.18. The summed E-state index contributed by atoms with van der Waals surface area (Å²) in [4.78, 5) is 32.7. The lowest BCUT2D eigenvalue weighted by atomic mass is 10.1. The molecule has 1 atom stereocenters. The van der Waals surface area contributed by atoms with Crippen LogP contribution >= 0.6 is 0 Å². The van der Waals surface area contributed by atoms with Crippen LogP contribution in [-0.2, 0) is 0 Å². The Labute approximate surface area is 145 Å². The van der Waals surface area contributed by atoms with Gasteiger partial charge in [-0.1, -0.05) is 13.5 Å². The van der Waals surface area contributed by atoms with Gasteiger partial charge in [0, 0.05) is 17.7 Å². The lowest BCUT2D eigenvalue weighted by molar-refractivity contribution is -0.394. The van der Waals surface area contributed by atoms with E-state index in [0.29, 0.717) is 25.1 Å². The summed E-state index contributed by atoms with van der Waals surface area (Å²) in [6.07, 6.45) is 0.623. The molecule has 136 valence electrons. The molecule has 0 bridgehead atoms. The highest BCUT2D eigenvalue weighted by atomic mass is 16.6. The Kier molecular flexibility index (Phi) is 6.35. The van der Waals surface area contributed by atoms with Crippen molar-refractivity contribution in [2.45, 2.75) is 27.2 Å². The van der Waals surface area contributed by atoms with E-state index in [0.717, 1.165) is 12.1 Å². The minimum absolute atomic E-state index is 0.0498. The van der Waals surface area contributed by atoms with Gasteiger partial charge in [-0.2, -0.15) is 0 Å². The van der Waals surface area contributed by atoms with Crippen molar-refractivity contribution in [2.24, 2.45) is 0 Å². The summed E-state index contributed by atoms with van der Waals surface area (Å²) in [5, 5.41) is 34.2. The molecule has 1 rings (SSSR count). The fourth-order valence-electron chi connectivity index (χ4n) is 3.13. The second kappa shape index (κ2) is 7.84. The molecule has 0 radical (unpaired) electrons. The van der Waals surface area contributed by atoms with E-state index in [-0.39, 0.29) is 16.7 Å². The average Bonchev–Trinajstić information content (AvgIpc) is 2.52. The summed E-state index contributed by atoms with van der Waals surface area (Å²) in [5.41, 5.74) is -1.17. The van der Waals surface area contributed by atoms with Crippen LogP contribution in [0.1, 0.15) is 37.6 Å². The number of carbonyl (C=O) groups is 1. The Morgan fingerprint density at radius 1 is 1.16 bits per heavy atom. The zero-order valence-corrected chi connectivity index (χ0v) is 14.5. The Balaban J connectivity index is 3.96. The van der Waals surface area contributed by atoms with E-state index in [9.17, 15) is 30.1 Å². The van der Waals surface area contributed by atoms with Crippen LogP contribution in [0.2, 0.25) is 0 Å². The first-order valence-electron chi connectivity index (χ1n) is 7.78. The van der Waals surface area contributed by atoms with E-state index in [4.69, 9.17) is 0 Å². The maximum Gasteiger partial charge on any atom is 0.337 e. The quantitative estimate of drug-likeness (QED) is 0.290. The predicted octanol–water partition coefficient (Wildman–Crippen LogP) is 2.18. The summed E-state index contributed by atoms with van der Waals surface area (Å²) in [6.45, 7) is 10.3. The van der Waals surface area contributed by atoms with Crippen LogP contribution in [0.4, 0.5) is 17.1 Å². The number of hydrogen-bond donors (Lipinski definition) is 0. The van der Waals surface area contributed by atoms with E-state index in [2.05, 4.69) is 6.58 Å². The topological polar surface area (TPSA) is 126 Å². The van der Waals surface area contributed by atoms with Crippen LogP contribution in [0, 0.1) is 20.2 Å². The molecule has 25 heavy (non-hydrogen) atoms. The second-order valence-electron chi connectivity index (χ2n) is 5.96. The number of carboxylic acid groups (broad SMARTS) is 1. The number of rotatable bonds is 9.